The molecule has 0 fully saturated rings. The van der Waals surface area contributed by atoms with Gasteiger partial charge in [0.25, 0.3) is 0 Å². The maximum atomic E-state index is 11.9. The number of nitrogens with one attached hydrogen (secondary N) is 2. The number of thioether (sulfide) groups is 1. The van der Waals surface area contributed by atoms with Crippen LogP contribution in [0.5, 0.6) is 0 Å². The molecule has 2 N–H and O–H groups in total. The van der Waals surface area contributed by atoms with E-state index in [0.717, 1.165) is 21.6 Å². The van der Waals surface area contributed by atoms with Crippen molar-refractivity contribution in [3.8, 4) is 0 Å². The van der Waals surface area contributed by atoms with Crippen LogP contribution in [0, 0.1) is 13.8 Å². The lowest BCUT2D eigenvalue weighted by Crippen LogP contribution is -2.32. The number of aryl methyl sites for hydroxylation is 2. The Bertz CT molecular complexity index is 750. The molecule has 0 bridgehead atoms. The summed E-state index contributed by atoms with van der Waals surface area (Å²) in [5.74, 6) is -1.56. The second-order valence-corrected chi connectivity index (χ2v) is 6.07. The maximum Gasteiger partial charge on any atom is 0.329 e. The Kier molecular flexibility index (Phi) is 6.14. The lowest BCUT2D eigenvalue weighted by molar-refractivity contribution is -0.136. The van der Waals surface area contributed by atoms with E-state index >= 15 is 0 Å². The summed E-state index contributed by atoms with van der Waals surface area (Å²) in [5.41, 5.74) is 5.51. The van der Waals surface area contributed by atoms with Crippen molar-refractivity contribution in [2.24, 2.45) is 5.10 Å². The highest BCUT2D eigenvalue weighted by Crippen LogP contribution is 2.19. The van der Waals surface area contributed by atoms with Crippen LogP contribution in [0.4, 0.5) is 5.69 Å². The van der Waals surface area contributed by atoms with Gasteiger partial charge < -0.3 is 5.32 Å². The van der Waals surface area contributed by atoms with E-state index in [-0.39, 0.29) is 0 Å². The minimum absolute atomic E-state index is 0.647. The fraction of sp³-hybridized carbons (Fsp3) is 0.167. The van der Waals surface area contributed by atoms with Crippen molar-refractivity contribution in [2.45, 2.75) is 18.7 Å². The number of anilines is 1. The highest BCUT2D eigenvalue weighted by atomic mass is 32.2. The molecule has 124 valence electrons. The average molecular weight is 341 g/mol. The SMILES string of the molecule is CSc1ccc(/C=N/NC(=O)C(=O)Nc2c(C)cccc2C)cc1. The Morgan fingerprint density at radius 3 is 2.21 bits per heavy atom. The van der Waals surface area contributed by atoms with Gasteiger partial charge in [-0.2, -0.15) is 5.10 Å². The molecule has 0 saturated carbocycles. The van der Waals surface area contributed by atoms with Crippen molar-refractivity contribution in [2.75, 3.05) is 11.6 Å². The van der Waals surface area contributed by atoms with Crippen molar-refractivity contribution in [1.29, 1.82) is 0 Å². The molecule has 2 aromatic carbocycles. The number of hydrogen-bond donors (Lipinski definition) is 2. The lowest BCUT2D eigenvalue weighted by Gasteiger charge is -2.10. The van der Waals surface area contributed by atoms with Crippen molar-refractivity contribution in [1.82, 2.24) is 5.43 Å². The van der Waals surface area contributed by atoms with E-state index in [1.54, 1.807) is 11.8 Å². The van der Waals surface area contributed by atoms with E-state index < -0.39 is 11.8 Å². The van der Waals surface area contributed by atoms with Gasteiger partial charge in [0.05, 0.1) is 6.21 Å². The fourth-order valence-electron chi connectivity index (χ4n) is 2.09. The van der Waals surface area contributed by atoms with Crippen molar-refractivity contribution in [3.63, 3.8) is 0 Å². The Hall–Kier alpha value is -2.60. The molecule has 2 aromatic rings. The van der Waals surface area contributed by atoms with Gasteiger partial charge in [-0.3, -0.25) is 9.59 Å². The van der Waals surface area contributed by atoms with Gasteiger partial charge in [0.2, 0.25) is 0 Å². The first-order valence-corrected chi connectivity index (χ1v) is 8.58. The molecule has 0 aliphatic carbocycles. The second-order valence-electron chi connectivity index (χ2n) is 5.19. The molecule has 6 heteroatoms. The Labute approximate surface area is 145 Å². The third-order valence-electron chi connectivity index (χ3n) is 3.42. The van der Waals surface area contributed by atoms with Gasteiger partial charge in [-0.1, -0.05) is 30.3 Å². The predicted molar refractivity (Wildman–Crippen MR) is 98.5 cm³/mol. The zero-order valence-corrected chi connectivity index (χ0v) is 14.6. The van der Waals surface area contributed by atoms with Gasteiger partial charge >= 0.3 is 11.8 Å². The summed E-state index contributed by atoms with van der Waals surface area (Å²) in [6, 6.07) is 13.3. The molecule has 0 aliphatic heterocycles. The van der Waals surface area contributed by atoms with Gasteiger partial charge in [0.15, 0.2) is 0 Å². The molecule has 24 heavy (non-hydrogen) atoms. The van der Waals surface area contributed by atoms with E-state index in [0.29, 0.717) is 5.69 Å². The Morgan fingerprint density at radius 2 is 1.62 bits per heavy atom. The molecule has 0 aromatic heterocycles. The molecule has 0 aliphatic rings. The zero-order chi connectivity index (χ0) is 17.5. The fourth-order valence-corrected chi connectivity index (χ4v) is 2.50. The van der Waals surface area contributed by atoms with Crippen LogP contribution in [-0.4, -0.2) is 24.3 Å². The number of amides is 2. The van der Waals surface area contributed by atoms with E-state index in [1.807, 2.05) is 62.6 Å². The number of rotatable bonds is 4. The summed E-state index contributed by atoms with van der Waals surface area (Å²) in [5, 5.41) is 6.43. The Balaban J connectivity index is 1.94. The third kappa shape index (κ3) is 4.70. The maximum absolute atomic E-state index is 11.9. The molecule has 2 rings (SSSR count). The van der Waals surface area contributed by atoms with E-state index in [2.05, 4.69) is 15.8 Å². The topological polar surface area (TPSA) is 70.6 Å². The molecule has 0 atom stereocenters. The summed E-state index contributed by atoms with van der Waals surface area (Å²) in [6.07, 6.45) is 3.49. The molecular weight excluding hydrogens is 322 g/mol. The first-order valence-electron chi connectivity index (χ1n) is 7.36. The zero-order valence-electron chi connectivity index (χ0n) is 13.8. The molecule has 5 nitrogen and oxygen atoms in total. The van der Waals surface area contributed by atoms with Gasteiger partial charge in [-0.05, 0) is 48.9 Å². The van der Waals surface area contributed by atoms with Gasteiger partial charge in [0, 0.05) is 10.6 Å². The monoisotopic (exact) mass is 341 g/mol. The summed E-state index contributed by atoms with van der Waals surface area (Å²) < 4.78 is 0. The normalized spacial score (nSPS) is 10.6. The van der Waals surface area contributed by atoms with E-state index in [9.17, 15) is 9.59 Å². The quantitative estimate of drug-likeness (QED) is 0.388. The third-order valence-corrected chi connectivity index (χ3v) is 4.16. The van der Waals surface area contributed by atoms with E-state index in [4.69, 9.17) is 0 Å². The number of hydrazone groups is 1. The molecular formula is C18H19N3O2S. The van der Waals surface area contributed by atoms with E-state index in [1.165, 1.54) is 6.21 Å². The average Bonchev–Trinajstić information content (AvgIpc) is 2.58. The van der Waals surface area contributed by atoms with Gasteiger partial charge in [-0.25, -0.2) is 5.43 Å². The molecule has 0 radical (unpaired) electrons. The van der Waals surface area contributed by atoms with Crippen LogP contribution < -0.4 is 10.7 Å². The minimum Gasteiger partial charge on any atom is -0.317 e. The molecule has 0 heterocycles. The predicted octanol–water partition coefficient (Wildman–Crippen LogP) is 3.11. The van der Waals surface area contributed by atoms with Crippen molar-refractivity contribution in [3.05, 3.63) is 59.2 Å². The number of para-hydroxylation sites is 1. The standard InChI is InChI=1S/C18H19N3O2S/c1-12-5-4-6-13(2)16(12)20-17(22)18(23)21-19-11-14-7-9-15(24-3)10-8-14/h4-11H,1-3H3,(H,20,22)(H,21,23)/b19-11+. The highest BCUT2D eigenvalue weighted by Gasteiger charge is 2.14. The van der Waals surface area contributed by atoms with Crippen LogP contribution in [0.2, 0.25) is 0 Å². The molecule has 0 spiro atoms. The number of benzene rings is 2. The molecule has 0 unspecified atom stereocenters. The number of carbonyl (C=O) groups excluding carboxylic acids is 2. The number of hydrogen-bond acceptors (Lipinski definition) is 4. The lowest BCUT2D eigenvalue weighted by atomic mass is 10.1. The van der Waals surface area contributed by atoms with Gasteiger partial charge in [0.1, 0.15) is 0 Å². The van der Waals surface area contributed by atoms with Crippen molar-refractivity contribution < 1.29 is 9.59 Å². The minimum atomic E-state index is -0.811. The first kappa shape index (κ1) is 17.7. The van der Waals surface area contributed by atoms with Crippen LogP contribution in [0.15, 0.2) is 52.5 Å². The first-order chi connectivity index (χ1) is 11.5. The van der Waals surface area contributed by atoms with Crippen LogP contribution >= 0.6 is 11.8 Å². The molecule has 2 amide bonds. The highest BCUT2D eigenvalue weighted by molar-refractivity contribution is 7.98. The van der Waals surface area contributed by atoms with Crippen LogP contribution in [0.1, 0.15) is 16.7 Å². The van der Waals surface area contributed by atoms with Crippen LogP contribution in [-0.2, 0) is 9.59 Å². The largest absolute Gasteiger partial charge is 0.329 e. The molecule has 0 saturated heterocycles. The second kappa shape index (κ2) is 8.31. The van der Waals surface area contributed by atoms with Crippen LogP contribution in [0.25, 0.3) is 0 Å². The Morgan fingerprint density at radius 1 is 1.00 bits per heavy atom. The van der Waals surface area contributed by atoms with Crippen molar-refractivity contribution >= 4 is 35.5 Å². The summed E-state index contributed by atoms with van der Waals surface area (Å²) in [4.78, 5) is 24.9. The summed E-state index contributed by atoms with van der Waals surface area (Å²) in [6.45, 7) is 3.74. The summed E-state index contributed by atoms with van der Waals surface area (Å²) >= 11 is 1.65. The summed E-state index contributed by atoms with van der Waals surface area (Å²) in [7, 11) is 0. The van der Waals surface area contributed by atoms with Crippen LogP contribution in [0.3, 0.4) is 0 Å². The number of nitrogens with zero attached hydrogens (tertiary/aromatic N) is 1. The number of carbonyl (C=O) groups is 2. The van der Waals surface area contributed by atoms with Gasteiger partial charge in [-0.15, -0.1) is 11.8 Å². The smallest absolute Gasteiger partial charge is 0.317 e.